The predicted octanol–water partition coefficient (Wildman–Crippen LogP) is 2.74. The summed E-state index contributed by atoms with van der Waals surface area (Å²) in [4.78, 5) is 25.9. The van der Waals surface area contributed by atoms with Gasteiger partial charge in [-0.05, 0) is 23.8 Å². The maximum Gasteiger partial charge on any atom is 0.251 e. The standard InChI is InChI=1S/C19H18F2N2O2/c20-16-7-6-15(9-17(16)21)19(25)22-10-14-8-18(24)23(12-14)11-13-4-2-1-3-5-13/h1-7,9,14H,8,10-12H2,(H,22,25). The smallest absolute Gasteiger partial charge is 0.251 e. The van der Waals surface area contributed by atoms with E-state index in [9.17, 15) is 18.4 Å². The lowest BCUT2D eigenvalue weighted by atomic mass is 10.1. The van der Waals surface area contributed by atoms with Crippen LogP contribution in [0.3, 0.4) is 0 Å². The van der Waals surface area contributed by atoms with Crippen LogP contribution in [0.15, 0.2) is 48.5 Å². The van der Waals surface area contributed by atoms with Crippen molar-refractivity contribution in [3.05, 3.63) is 71.3 Å². The van der Waals surface area contributed by atoms with Crippen LogP contribution in [0.1, 0.15) is 22.3 Å². The highest BCUT2D eigenvalue weighted by Gasteiger charge is 2.29. The Bertz CT molecular complexity index is 780. The molecule has 1 fully saturated rings. The van der Waals surface area contributed by atoms with Gasteiger partial charge in [-0.1, -0.05) is 30.3 Å². The monoisotopic (exact) mass is 344 g/mol. The number of halogens is 2. The number of likely N-dealkylation sites (tertiary alicyclic amines) is 1. The van der Waals surface area contributed by atoms with Gasteiger partial charge in [0.2, 0.25) is 5.91 Å². The van der Waals surface area contributed by atoms with Crippen molar-refractivity contribution in [2.24, 2.45) is 5.92 Å². The Hall–Kier alpha value is -2.76. The molecular weight excluding hydrogens is 326 g/mol. The second kappa shape index (κ2) is 7.42. The fraction of sp³-hybridized carbons (Fsp3) is 0.263. The number of hydrogen-bond donors (Lipinski definition) is 1. The molecule has 25 heavy (non-hydrogen) atoms. The largest absolute Gasteiger partial charge is 0.352 e. The average molecular weight is 344 g/mol. The molecule has 0 spiro atoms. The molecule has 6 heteroatoms. The van der Waals surface area contributed by atoms with Crippen LogP contribution in [0.2, 0.25) is 0 Å². The van der Waals surface area contributed by atoms with E-state index in [2.05, 4.69) is 5.32 Å². The van der Waals surface area contributed by atoms with E-state index in [4.69, 9.17) is 0 Å². The molecular formula is C19H18F2N2O2. The van der Waals surface area contributed by atoms with E-state index < -0.39 is 17.5 Å². The van der Waals surface area contributed by atoms with Crippen LogP contribution in [0.25, 0.3) is 0 Å². The molecule has 4 nitrogen and oxygen atoms in total. The molecule has 0 radical (unpaired) electrons. The number of nitrogens with one attached hydrogen (secondary N) is 1. The third kappa shape index (κ3) is 4.21. The van der Waals surface area contributed by atoms with Crippen LogP contribution in [-0.2, 0) is 11.3 Å². The molecule has 1 saturated heterocycles. The molecule has 1 unspecified atom stereocenters. The summed E-state index contributed by atoms with van der Waals surface area (Å²) in [6.07, 6.45) is 0.366. The van der Waals surface area contributed by atoms with Crippen molar-refractivity contribution >= 4 is 11.8 Å². The van der Waals surface area contributed by atoms with Gasteiger partial charge in [-0.25, -0.2) is 8.78 Å². The number of nitrogens with zero attached hydrogens (tertiary/aromatic N) is 1. The fourth-order valence-corrected chi connectivity index (χ4v) is 2.92. The summed E-state index contributed by atoms with van der Waals surface area (Å²) in [6.45, 7) is 1.42. The molecule has 2 aromatic carbocycles. The zero-order chi connectivity index (χ0) is 17.8. The van der Waals surface area contributed by atoms with Gasteiger partial charge in [0.05, 0.1) is 0 Å². The molecule has 0 saturated carbocycles. The molecule has 1 heterocycles. The van der Waals surface area contributed by atoms with Gasteiger partial charge in [0, 0.05) is 37.5 Å². The summed E-state index contributed by atoms with van der Waals surface area (Å²) in [5.74, 6) is -2.47. The lowest BCUT2D eigenvalue weighted by Crippen LogP contribution is -2.31. The van der Waals surface area contributed by atoms with Crippen molar-refractivity contribution in [2.45, 2.75) is 13.0 Å². The molecule has 3 rings (SSSR count). The second-order valence-electron chi connectivity index (χ2n) is 6.17. The Balaban J connectivity index is 1.53. The molecule has 1 N–H and O–H groups in total. The Kier molecular flexibility index (Phi) is 5.07. The second-order valence-corrected chi connectivity index (χ2v) is 6.17. The number of benzene rings is 2. The van der Waals surface area contributed by atoms with E-state index in [0.717, 1.165) is 17.7 Å². The highest BCUT2D eigenvalue weighted by molar-refractivity contribution is 5.94. The van der Waals surface area contributed by atoms with Crippen molar-refractivity contribution in [3.63, 3.8) is 0 Å². The van der Waals surface area contributed by atoms with E-state index in [1.54, 1.807) is 4.90 Å². The summed E-state index contributed by atoms with van der Waals surface area (Å²) in [5, 5.41) is 2.69. The molecule has 1 atom stereocenters. The SMILES string of the molecule is O=C(NCC1CC(=O)N(Cc2ccccc2)C1)c1ccc(F)c(F)c1. The number of rotatable bonds is 5. The van der Waals surface area contributed by atoms with E-state index in [-0.39, 0.29) is 17.4 Å². The summed E-state index contributed by atoms with van der Waals surface area (Å²) < 4.78 is 26.1. The molecule has 2 amide bonds. The minimum atomic E-state index is -1.06. The normalized spacial score (nSPS) is 17.0. The summed E-state index contributed by atoms with van der Waals surface area (Å²) in [6, 6.07) is 12.7. The number of carbonyl (C=O) groups is 2. The van der Waals surface area contributed by atoms with Crippen LogP contribution in [0.5, 0.6) is 0 Å². The molecule has 0 aromatic heterocycles. The van der Waals surface area contributed by atoms with Gasteiger partial charge < -0.3 is 10.2 Å². The van der Waals surface area contributed by atoms with Crippen molar-refractivity contribution in [1.29, 1.82) is 0 Å². The van der Waals surface area contributed by atoms with E-state index in [0.29, 0.717) is 26.1 Å². The highest BCUT2D eigenvalue weighted by Crippen LogP contribution is 2.20. The quantitative estimate of drug-likeness (QED) is 0.907. The molecule has 1 aliphatic heterocycles. The zero-order valence-corrected chi connectivity index (χ0v) is 13.5. The fourth-order valence-electron chi connectivity index (χ4n) is 2.92. The van der Waals surface area contributed by atoms with Crippen LogP contribution in [-0.4, -0.2) is 29.8 Å². The summed E-state index contributed by atoms with van der Waals surface area (Å²) >= 11 is 0. The maximum absolute atomic E-state index is 13.2. The molecule has 0 aliphatic carbocycles. The minimum Gasteiger partial charge on any atom is -0.352 e. The van der Waals surface area contributed by atoms with Crippen LogP contribution >= 0.6 is 0 Å². The van der Waals surface area contributed by atoms with Crippen LogP contribution in [0, 0.1) is 17.6 Å². The first-order chi connectivity index (χ1) is 12.0. The first-order valence-electron chi connectivity index (χ1n) is 8.08. The molecule has 2 aromatic rings. The summed E-state index contributed by atoms with van der Waals surface area (Å²) in [5.41, 5.74) is 1.12. The van der Waals surface area contributed by atoms with Crippen molar-refractivity contribution in [1.82, 2.24) is 10.2 Å². The van der Waals surface area contributed by atoms with Crippen molar-refractivity contribution < 1.29 is 18.4 Å². The number of carbonyl (C=O) groups excluding carboxylic acids is 2. The van der Waals surface area contributed by atoms with Crippen molar-refractivity contribution in [2.75, 3.05) is 13.1 Å². The third-order valence-corrected chi connectivity index (χ3v) is 4.24. The zero-order valence-electron chi connectivity index (χ0n) is 13.5. The van der Waals surface area contributed by atoms with E-state index in [1.165, 1.54) is 6.07 Å². The van der Waals surface area contributed by atoms with Crippen molar-refractivity contribution in [3.8, 4) is 0 Å². The summed E-state index contributed by atoms with van der Waals surface area (Å²) in [7, 11) is 0. The maximum atomic E-state index is 13.2. The Morgan fingerprint density at radius 1 is 1.12 bits per heavy atom. The topological polar surface area (TPSA) is 49.4 Å². The van der Waals surface area contributed by atoms with Gasteiger partial charge >= 0.3 is 0 Å². The molecule has 1 aliphatic rings. The van der Waals surface area contributed by atoms with Crippen LogP contribution < -0.4 is 5.32 Å². The average Bonchev–Trinajstić information content (AvgIpc) is 2.96. The Morgan fingerprint density at radius 2 is 1.88 bits per heavy atom. The predicted molar refractivity (Wildman–Crippen MR) is 88.7 cm³/mol. The molecule has 0 bridgehead atoms. The van der Waals surface area contributed by atoms with Gasteiger partial charge in [0.1, 0.15) is 0 Å². The van der Waals surface area contributed by atoms with Gasteiger partial charge in [-0.2, -0.15) is 0 Å². The van der Waals surface area contributed by atoms with E-state index in [1.807, 2.05) is 30.3 Å². The first kappa shape index (κ1) is 17.1. The van der Waals surface area contributed by atoms with Gasteiger partial charge in [0.15, 0.2) is 11.6 Å². The van der Waals surface area contributed by atoms with Gasteiger partial charge in [-0.15, -0.1) is 0 Å². The van der Waals surface area contributed by atoms with Gasteiger partial charge in [-0.3, -0.25) is 9.59 Å². The van der Waals surface area contributed by atoms with Gasteiger partial charge in [0.25, 0.3) is 5.91 Å². The first-order valence-corrected chi connectivity index (χ1v) is 8.08. The minimum absolute atomic E-state index is 0.00505. The number of hydrogen-bond acceptors (Lipinski definition) is 2. The highest BCUT2D eigenvalue weighted by atomic mass is 19.2. The van der Waals surface area contributed by atoms with E-state index >= 15 is 0 Å². The van der Waals surface area contributed by atoms with Crippen LogP contribution in [0.4, 0.5) is 8.78 Å². The molecule has 130 valence electrons. The lowest BCUT2D eigenvalue weighted by molar-refractivity contribution is -0.128. The number of amides is 2. The Morgan fingerprint density at radius 3 is 2.60 bits per heavy atom. The Labute approximate surface area is 144 Å². The lowest BCUT2D eigenvalue weighted by Gasteiger charge is -2.17. The third-order valence-electron chi connectivity index (χ3n) is 4.24.